The van der Waals surface area contributed by atoms with Crippen molar-refractivity contribution in [3.05, 3.63) is 67.3 Å². The Bertz CT molecular complexity index is 2040. The Labute approximate surface area is 322 Å². The molecule has 0 spiro atoms. The molecule has 1 aromatic heterocycles. The number of aromatic nitrogens is 2. The molecule has 296 valence electrons. The number of nitrogens with zero attached hydrogens (tertiary/aromatic N) is 2. The Hall–Kier alpha value is -5.05. The average molecular weight is 777 g/mol. The number of para-hydroxylation sites is 1. The second kappa shape index (κ2) is 16.0. The van der Waals surface area contributed by atoms with Crippen molar-refractivity contribution in [2.75, 3.05) is 6.54 Å². The number of carbonyl (C=O) groups excluding carboxylic acids is 4. The van der Waals surface area contributed by atoms with Crippen LogP contribution in [0.5, 0.6) is 5.88 Å². The maximum absolute atomic E-state index is 13.8. The molecule has 0 radical (unpaired) electrons. The van der Waals surface area contributed by atoms with Crippen molar-refractivity contribution in [2.24, 2.45) is 17.3 Å². The van der Waals surface area contributed by atoms with E-state index in [2.05, 4.69) is 27.3 Å². The van der Waals surface area contributed by atoms with Gasteiger partial charge in [-0.2, -0.15) is 4.98 Å². The largest absolute Gasteiger partial charge is 0.472 e. The second-order valence-corrected chi connectivity index (χ2v) is 18.4. The summed E-state index contributed by atoms with van der Waals surface area (Å²) in [7, 11) is -3.85. The van der Waals surface area contributed by atoms with E-state index >= 15 is 0 Å². The summed E-state index contributed by atoms with van der Waals surface area (Å²) < 4.78 is 39.4. The van der Waals surface area contributed by atoms with Crippen molar-refractivity contribution in [1.82, 2.24) is 30.6 Å². The zero-order valence-corrected chi connectivity index (χ0v) is 33.3. The second-order valence-electron chi connectivity index (χ2n) is 16.5. The van der Waals surface area contributed by atoms with E-state index in [1.165, 1.54) is 6.08 Å². The molecule has 4 amide bonds. The number of nitrogens with one attached hydrogen (secondary N) is 4. The Morgan fingerprint density at radius 2 is 1.62 bits per heavy atom. The first-order chi connectivity index (χ1) is 25.7. The first-order valence-corrected chi connectivity index (χ1v) is 20.0. The van der Waals surface area contributed by atoms with Crippen molar-refractivity contribution in [3.8, 4) is 17.3 Å². The van der Waals surface area contributed by atoms with E-state index in [0.29, 0.717) is 29.6 Å². The first kappa shape index (κ1) is 41.1. The molecule has 14 nitrogen and oxygen atoms in total. The highest BCUT2D eigenvalue weighted by Crippen LogP contribution is 2.45. The van der Waals surface area contributed by atoms with Gasteiger partial charge >= 0.3 is 6.09 Å². The molecule has 0 aliphatic heterocycles. The van der Waals surface area contributed by atoms with Gasteiger partial charge in [0.05, 0.1) is 22.7 Å². The molecule has 1 heterocycles. The van der Waals surface area contributed by atoms with Gasteiger partial charge < -0.3 is 25.4 Å². The third-order valence-electron chi connectivity index (χ3n) is 9.48. The Morgan fingerprint density at radius 1 is 0.964 bits per heavy atom. The van der Waals surface area contributed by atoms with Crippen LogP contribution in [0.1, 0.15) is 74.1 Å². The van der Waals surface area contributed by atoms with Crippen LogP contribution in [0, 0.1) is 17.3 Å². The Morgan fingerprint density at radius 3 is 2.22 bits per heavy atom. The predicted molar refractivity (Wildman–Crippen MR) is 208 cm³/mol. The molecule has 2 aliphatic rings. The molecule has 15 heteroatoms. The fraction of sp³-hybridized carbons (Fsp3) is 0.500. The van der Waals surface area contributed by atoms with E-state index in [9.17, 15) is 27.6 Å². The number of hydrogen-bond donors (Lipinski definition) is 4. The molecule has 2 unspecified atom stereocenters. The maximum Gasteiger partial charge on any atom is 0.408 e. The van der Waals surface area contributed by atoms with Gasteiger partial charge in [-0.25, -0.2) is 18.2 Å². The van der Waals surface area contributed by atoms with Gasteiger partial charge in [-0.15, -0.1) is 6.58 Å². The highest BCUT2D eigenvalue weighted by Gasteiger charge is 2.61. The molecule has 2 fully saturated rings. The lowest BCUT2D eigenvalue weighted by molar-refractivity contribution is -0.131. The summed E-state index contributed by atoms with van der Waals surface area (Å²) in [5, 5.41) is 8.38. The lowest BCUT2D eigenvalue weighted by Gasteiger charge is -2.32. The number of benzene rings is 2. The zero-order chi connectivity index (χ0) is 40.3. The molecule has 5 atom stereocenters. The minimum absolute atomic E-state index is 0.0433. The number of rotatable bonds is 15. The van der Waals surface area contributed by atoms with Crippen LogP contribution in [0.2, 0.25) is 0 Å². The van der Waals surface area contributed by atoms with Crippen LogP contribution in [0.4, 0.5) is 4.79 Å². The molecule has 0 bridgehead atoms. The minimum Gasteiger partial charge on any atom is -0.472 e. The van der Waals surface area contributed by atoms with E-state index in [1.54, 1.807) is 27.7 Å². The molecule has 5 rings (SSSR count). The summed E-state index contributed by atoms with van der Waals surface area (Å²) in [5.41, 5.74) is -1.58. The van der Waals surface area contributed by atoms with Gasteiger partial charge in [0, 0.05) is 17.4 Å². The van der Waals surface area contributed by atoms with E-state index in [0.717, 1.165) is 5.56 Å². The van der Waals surface area contributed by atoms with Gasteiger partial charge in [0.2, 0.25) is 27.7 Å². The first-order valence-electron chi connectivity index (χ1n) is 18.5. The summed E-state index contributed by atoms with van der Waals surface area (Å²) in [4.78, 5) is 63.2. The van der Waals surface area contributed by atoms with Crippen LogP contribution < -0.4 is 25.4 Å². The van der Waals surface area contributed by atoms with Crippen molar-refractivity contribution >= 4 is 44.7 Å². The fourth-order valence-corrected chi connectivity index (χ4v) is 7.53. The lowest BCUT2D eigenvalue weighted by atomic mass is 9.86. The molecule has 0 saturated heterocycles. The monoisotopic (exact) mass is 776 g/mol. The Balaban J connectivity index is 1.40. The third-order valence-corrected chi connectivity index (χ3v) is 11.3. The van der Waals surface area contributed by atoms with Crippen LogP contribution >= 0.6 is 0 Å². The van der Waals surface area contributed by atoms with Crippen molar-refractivity contribution in [1.29, 1.82) is 0 Å². The summed E-state index contributed by atoms with van der Waals surface area (Å²) >= 11 is 0. The predicted octanol–water partition coefficient (Wildman–Crippen LogP) is 4.80. The van der Waals surface area contributed by atoms with E-state index in [-0.39, 0.29) is 25.3 Å². The average Bonchev–Trinajstić information content (AvgIpc) is 4.04. The van der Waals surface area contributed by atoms with Crippen molar-refractivity contribution < 1.29 is 37.1 Å². The minimum atomic E-state index is -3.85. The highest BCUT2D eigenvalue weighted by molar-refractivity contribution is 7.91. The summed E-state index contributed by atoms with van der Waals surface area (Å²) in [5.74, 6) is -2.42. The molecule has 2 aromatic carbocycles. The quantitative estimate of drug-likeness (QED) is 0.156. The number of amides is 4. The molecule has 55 heavy (non-hydrogen) atoms. The number of alkyl carbamates (subject to hydrolysis) is 1. The maximum atomic E-state index is 13.8. The summed E-state index contributed by atoms with van der Waals surface area (Å²) in [6.45, 7) is 15.9. The molecule has 2 aliphatic carbocycles. The van der Waals surface area contributed by atoms with E-state index < -0.39 is 79.6 Å². The van der Waals surface area contributed by atoms with Crippen LogP contribution in [0.25, 0.3) is 22.3 Å². The van der Waals surface area contributed by atoms with Gasteiger partial charge in [0.25, 0.3) is 5.91 Å². The topological polar surface area (TPSA) is 195 Å². The van der Waals surface area contributed by atoms with Gasteiger partial charge in [0.1, 0.15) is 23.3 Å². The van der Waals surface area contributed by atoms with Gasteiger partial charge in [-0.05, 0) is 64.0 Å². The molecule has 3 aromatic rings. The molecular weight excluding hydrogens is 725 g/mol. The number of hydrogen-bond acceptors (Lipinski definition) is 10. The van der Waals surface area contributed by atoms with Crippen molar-refractivity contribution in [2.45, 2.75) is 103 Å². The highest BCUT2D eigenvalue weighted by atomic mass is 32.2. The smallest absolute Gasteiger partial charge is 0.408 e. The number of sulfonamides is 1. The standard InChI is InChI=1S/C40H52N6O8S/c1-9-26-22-40(26,36(49)46-55(51,52)28-19-20-28)45-33(47)24(2)21-27(23-41-34(48)31(38(3,4)5)43-37(50)54-39(6,7)8)53-35-29-17-13-14-18-30(29)42-32(44-35)25-15-11-10-12-16-25/h9-18,24,26-28,31H,1,19-23H2,2-8H3,(H,41,48)(H,43,50)(H,45,47)(H,46,49)/t24?,26-,27-,31?,40-/m1/s1. The fourth-order valence-electron chi connectivity index (χ4n) is 6.16. The Kier molecular flexibility index (Phi) is 11.9. The summed E-state index contributed by atoms with van der Waals surface area (Å²) in [6, 6.07) is 15.7. The van der Waals surface area contributed by atoms with Crippen LogP contribution in [0.3, 0.4) is 0 Å². The number of carbonyl (C=O) groups is 4. The van der Waals surface area contributed by atoms with Crippen LogP contribution in [-0.2, 0) is 29.1 Å². The number of ether oxygens (including phenoxy) is 2. The van der Waals surface area contributed by atoms with E-state index in [1.807, 2.05) is 75.4 Å². The van der Waals surface area contributed by atoms with Gasteiger partial charge in [-0.1, -0.05) is 76.2 Å². The SMILES string of the molecule is C=C[C@@H]1C[C@]1(NC(=O)C(C)C[C@H](CNC(=O)C(NC(=O)OC(C)(C)C)C(C)(C)C)Oc1nc(-c2ccccc2)nc2ccccc12)C(=O)NS(=O)(=O)C1CC1. The van der Waals surface area contributed by atoms with Gasteiger partial charge in [0.15, 0.2) is 5.82 Å². The third kappa shape index (κ3) is 10.4. The van der Waals surface area contributed by atoms with E-state index in [4.69, 9.17) is 19.4 Å². The molecular formula is C40H52N6O8S. The van der Waals surface area contributed by atoms with Crippen molar-refractivity contribution in [3.63, 3.8) is 0 Å². The molecule has 4 N–H and O–H groups in total. The lowest BCUT2D eigenvalue weighted by Crippen LogP contribution is -2.56. The normalized spacial score (nSPS) is 19.9. The zero-order valence-electron chi connectivity index (χ0n) is 32.5. The summed E-state index contributed by atoms with van der Waals surface area (Å²) in [6.07, 6.45) is 1.11. The van der Waals surface area contributed by atoms with Crippen LogP contribution in [-0.4, -0.2) is 77.3 Å². The van der Waals surface area contributed by atoms with Gasteiger partial charge in [-0.3, -0.25) is 19.1 Å². The number of fused-ring (bicyclic) bond motifs is 1. The van der Waals surface area contributed by atoms with Crippen LogP contribution in [0.15, 0.2) is 67.3 Å². The molecule has 2 saturated carbocycles.